The number of imidazole rings is 1. The van der Waals surface area contributed by atoms with Crippen molar-refractivity contribution in [3.05, 3.63) is 54.4 Å². The minimum absolute atomic E-state index is 0.0330. The van der Waals surface area contributed by atoms with E-state index in [1.165, 1.54) is 0 Å². The molecule has 0 aliphatic carbocycles. The number of rotatable bonds is 2. The van der Waals surface area contributed by atoms with Gasteiger partial charge >= 0.3 is 11.8 Å². The number of amides is 2. The summed E-state index contributed by atoms with van der Waals surface area (Å²) in [6.07, 6.45) is 1.57. The highest BCUT2D eigenvalue weighted by Crippen LogP contribution is 2.23. The lowest BCUT2D eigenvalue weighted by Crippen LogP contribution is -2.29. The third kappa shape index (κ3) is 3.85. The molecule has 0 aliphatic heterocycles. The van der Waals surface area contributed by atoms with Gasteiger partial charge in [0.1, 0.15) is 0 Å². The normalized spacial score (nSPS) is 11.3. The van der Waals surface area contributed by atoms with Crippen molar-refractivity contribution in [1.82, 2.24) is 9.97 Å². The first-order chi connectivity index (χ1) is 11.8. The molecular weight excluding hydrogens is 316 g/mol. The highest BCUT2D eigenvalue weighted by Gasteiger charge is 2.16. The predicted molar refractivity (Wildman–Crippen MR) is 98.5 cm³/mol. The van der Waals surface area contributed by atoms with Crippen molar-refractivity contribution in [2.75, 3.05) is 10.6 Å². The molecule has 0 aliphatic rings. The first-order valence-corrected chi connectivity index (χ1v) is 7.99. The molecule has 6 heteroatoms. The molecule has 0 saturated carbocycles. The number of carbonyl (C=O) groups is 2. The molecule has 6 nitrogen and oxygen atoms in total. The Kier molecular flexibility index (Phi) is 4.27. The van der Waals surface area contributed by atoms with Gasteiger partial charge in [-0.2, -0.15) is 0 Å². The molecular formula is C19H20N4O2. The average molecular weight is 336 g/mol. The van der Waals surface area contributed by atoms with Gasteiger partial charge in [-0.25, -0.2) is 4.98 Å². The third-order valence-corrected chi connectivity index (χ3v) is 3.89. The van der Waals surface area contributed by atoms with Crippen molar-refractivity contribution >= 4 is 34.2 Å². The zero-order valence-electron chi connectivity index (χ0n) is 14.4. The van der Waals surface area contributed by atoms with Crippen LogP contribution in [0.15, 0.2) is 48.8 Å². The largest absolute Gasteiger partial charge is 0.345 e. The van der Waals surface area contributed by atoms with E-state index >= 15 is 0 Å². The van der Waals surface area contributed by atoms with E-state index in [9.17, 15) is 9.59 Å². The minimum atomic E-state index is -0.723. The van der Waals surface area contributed by atoms with Gasteiger partial charge in [0, 0.05) is 11.4 Å². The lowest BCUT2D eigenvalue weighted by atomic mass is 9.87. The number of hydrogen-bond donors (Lipinski definition) is 3. The van der Waals surface area contributed by atoms with Gasteiger partial charge in [0.2, 0.25) is 0 Å². The maximum atomic E-state index is 12.1. The van der Waals surface area contributed by atoms with Crippen LogP contribution in [-0.2, 0) is 15.0 Å². The maximum Gasteiger partial charge on any atom is 0.314 e. The van der Waals surface area contributed by atoms with Crippen LogP contribution in [0.2, 0.25) is 0 Å². The van der Waals surface area contributed by atoms with Crippen LogP contribution in [0.5, 0.6) is 0 Å². The molecule has 0 bridgehead atoms. The number of hydrogen-bond acceptors (Lipinski definition) is 3. The number of fused-ring (bicyclic) bond motifs is 1. The number of carbonyl (C=O) groups excluding carboxylic acids is 2. The van der Waals surface area contributed by atoms with Crippen LogP contribution in [0.1, 0.15) is 26.3 Å². The summed E-state index contributed by atoms with van der Waals surface area (Å²) in [4.78, 5) is 31.2. The lowest BCUT2D eigenvalue weighted by Gasteiger charge is -2.19. The number of aromatic amines is 1. The van der Waals surface area contributed by atoms with E-state index < -0.39 is 11.8 Å². The van der Waals surface area contributed by atoms with E-state index in [0.717, 1.165) is 16.6 Å². The summed E-state index contributed by atoms with van der Waals surface area (Å²) in [6, 6.07) is 12.7. The molecule has 1 aromatic heterocycles. The van der Waals surface area contributed by atoms with Crippen molar-refractivity contribution in [2.45, 2.75) is 26.2 Å². The molecule has 1 heterocycles. The zero-order chi connectivity index (χ0) is 18.0. The molecule has 2 aromatic carbocycles. The van der Waals surface area contributed by atoms with Crippen LogP contribution in [0.4, 0.5) is 11.4 Å². The van der Waals surface area contributed by atoms with Gasteiger partial charge < -0.3 is 15.6 Å². The Morgan fingerprint density at radius 3 is 2.16 bits per heavy atom. The second kappa shape index (κ2) is 6.39. The quantitative estimate of drug-likeness (QED) is 0.627. The second-order valence-corrected chi connectivity index (χ2v) is 6.87. The summed E-state index contributed by atoms with van der Waals surface area (Å²) in [5, 5.41) is 5.18. The first-order valence-electron chi connectivity index (χ1n) is 7.99. The van der Waals surface area contributed by atoms with Gasteiger partial charge in [0.15, 0.2) is 0 Å². The third-order valence-electron chi connectivity index (χ3n) is 3.89. The topological polar surface area (TPSA) is 86.9 Å². The van der Waals surface area contributed by atoms with E-state index in [1.807, 2.05) is 12.1 Å². The molecule has 128 valence electrons. The molecule has 0 atom stereocenters. The van der Waals surface area contributed by atoms with Crippen molar-refractivity contribution in [1.29, 1.82) is 0 Å². The van der Waals surface area contributed by atoms with E-state index in [4.69, 9.17) is 0 Å². The molecule has 0 unspecified atom stereocenters. The Hall–Kier alpha value is -3.15. The van der Waals surface area contributed by atoms with Crippen molar-refractivity contribution in [2.24, 2.45) is 0 Å². The lowest BCUT2D eigenvalue weighted by molar-refractivity contribution is -0.132. The van der Waals surface area contributed by atoms with E-state index in [1.54, 1.807) is 36.7 Å². The standard InChI is InChI=1S/C19H20N4O2/c1-19(2,3)12-4-6-13(7-5-12)22-17(24)18(25)23-14-8-9-15-16(10-14)21-11-20-15/h4-11H,1-3H3,(H,20,21)(H,22,24)(H,23,25). The SMILES string of the molecule is CC(C)(C)c1ccc(NC(=O)C(=O)Nc2ccc3nc[nH]c3c2)cc1. The predicted octanol–water partition coefficient (Wildman–Crippen LogP) is 3.44. The fraction of sp³-hybridized carbons (Fsp3) is 0.211. The van der Waals surface area contributed by atoms with Crippen LogP contribution in [0.25, 0.3) is 11.0 Å². The summed E-state index contributed by atoms with van der Waals surface area (Å²) in [5.74, 6) is -1.44. The first kappa shape index (κ1) is 16.7. The van der Waals surface area contributed by atoms with Crippen LogP contribution in [0, 0.1) is 0 Å². The molecule has 0 spiro atoms. The number of nitrogens with zero attached hydrogens (tertiary/aromatic N) is 1. The fourth-order valence-corrected chi connectivity index (χ4v) is 2.44. The Morgan fingerprint density at radius 2 is 1.52 bits per heavy atom. The molecule has 3 N–H and O–H groups in total. The van der Waals surface area contributed by atoms with E-state index in [2.05, 4.69) is 41.4 Å². The van der Waals surface area contributed by atoms with Crippen LogP contribution in [-0.4, -0.2) is 21.8 Å². The summed E-state index contributed by atoms with van der Waals surface area (Å²) in [6.45, 7) is 6.35. The fourth-order valence-electron chi connectivity index (χ4n) is 2.44. The average Bonchev–Trinajstić information content (AvgIpc) is 3.02. The van der Waals surface area contributed by atoms with Gasteiger partial charge in [-0.3, -0.25) is 9.59 Å². The monoisotopic (exact) mass is 336 g/mol. The Morgan fingerprint density at radius 1 is 0.920 bits per heavy atom. The Bertz CT molecular complexity index is 920. The number of H-pyrrole nitrogens is 1. The number of benzene rings is 2. The van der Waals surface area contributed by atoms with Crippen LogP contribution >= 0.6 is 0 Å². The Labute approximate surface area is 145 Å². The van der Waals surface area contributed by atoms with Crippen LogP contribution in [0.3, 0.4) is 0 Å². The van der Waals surface area contributed by atoms with Gasteiger partial charge in [-0.05, 0) is 41.3 Å². The summed E-state index contributed by atoms with van der Waals surface area (Å²) in [7, 11) is 0. The van der Waals surface area contributed by atoms with Gasteiger partial charge in [0.25, 0.3) is 0 Å². The van der Waals surface area contributed by atoms with Gasteiger partial charge in [0.05, 0.1) is 17.4 Å². The molecule has 3 rings (SSSR count). The highest BCUT2D eigenvalue weighted by atomic mass is 16.2. The Balaban J connectivity index is 1.65. The van der Waals surface area contributed by atoms with E-state index in [0.29, 0.717) is 11.4 Å². The summed E-state index contributed by atoms with van der Waals surface area (Å²) < 4.78 is 0. The highest BCUT2D eigenvalue weighted by molar-refractivity contribution is 6.43. The van der Waals surface area contributed by atoms with Crippen molar-refractivity contribution in [3.63, 3.8) is 0 Å². The van der Waals surface area contributed by atoms with Crippen molar-refractivity contribution < 1.29 is 9.59 Å². The smallest absolute Gasteiger partial charge is 0.314 e. The summed E-state index contributed by atoms with van der Waals surface area (Å²) in [5.41, 5.74) is 3.88. The molecule has 3 aromatic rings. The molecule has 25 heavy (non-hydrogen) atoms. The molecule has 0 radical (unpaired) electrons. The maximum absolute atomic E-state index is 12.1. The van der Waals surface area contributed by atoms with Gasteiger partial charge in [-0.1, -0.05) is 32.9 Å². The summed E-state index contributed by atoms with van der Waals surface area (Å²) >= 11 is 0. The number of nitrogens with one attached hydrogen (secondary N) is 3. The van der Waals surface area contributed by atoms with Crippen LogP contribution < -0.4 is 10.6 Å². The number of anilines is 2. The molecule has 0 fully saturated rings. The number of aromatic nitrogens is 2. The minimum Gasteiger partial charge on any atom is -0.345 e. The second-order valence-electron chi connectivity index (χ2n) is 6.87. The molecule has 0 saturated heterocycles. The van der Waals surface area contributed by atoms with E-state index in [-0.39, 0.29) is 5.41 Å². The zero-order valence-corrected chi connectivity index (χ0v) is 14.4. The van der Waals surface area contributed by atoms with Crippen molar-refractivity contribution in [3.8, 4) is 0 Å². The molecule has 2 amide bonds. The van der Waals surface area contributed by atoms with Gasteiger partial charge in [-0.15, -0.1) is 0 Å².